The zero-order valence-electron chi connectivity index (χ0n) is 7.27. The number of rotatable bonds is 3. The molecule has 0 saturated carbocycles. The Balaban J connectivity index is 2.87. The van der Waals surface area contributed by atoms with Crippen LogP contribution >= 0.6 is 15.9 Å². The molecule has 0 aliphatic carbocycles. The molecule has 1 heterocycles. The predicted octanol–water partition coefficient (Wildman–Crippen LogP) is 0.308. The van der Waals surface area contributed by atoms with Crippen LogP contribution in [-0.4, -0.2) is 26.1 Å². The van der Waals surface area contributed by atoms with Crippen LogP contribution in [0.4, 0.5) is 0 Å². The van der Waals surface area contributed by atoms with E-state index < -0.39 is 6.10 Å². The highest BCUT2D eigenvalue weighted by Gasteiger charge is 2.04. The average molecular weight is 247 g/mol. The fraction of sp³-hybridized carbons (Fsp3) is 0.500. The number of aliphatic hydroxyl groups excluding tert-OH is 1. The molecule has 0 radical (unpaired) electrons. The highest BCUT2D eigenvalue weighted by Crippen LogP contribution is 1.95. The van der Waals surface area contributed by atoms with Gasteiger partial charge < -0.3 is 5.11 Å². The van der Waals surface area contributed by atoms with E-state index in [9.17, 15) is 9.90 Å². The molecule has 1 unspecified atom stereocenters. The second-order valence-corrected chi connectivity index (χ2v) is 3.52. The summed E-state index contributed by atoms with van der Waals surface area (Å²) < 4.78 is 1.40. The lowest BCUT2D eigenvalue weighted by atomic mass is 10.3. The fourth-order valence-corrected chi connectivity index (χ4v) is 1.18. The van der Waals surface area contributed by atoms with E-state index >= 15 is 0 Å². The Morgan fingerprint density at radius 3 is 3.08 bits per heavy atom. The van der Waals surface area contributed by atoms with Gasteiger partial charge in [-0.25, -0.2) is 9.78 Å². The molecular weight excluding hydrogens is 236 g/mol. The molecule has 13 heavy (non-hydrogen) atoms. The largest absolute Gasteiger partial charge is 0.390 e. The minimum Gasteiger partial charge on any atom is -0.390 e. The van der Waals surface area contributed by atoms with Crippen LogP contribution in [0.2, 0.25) is 0 Å². The average Bonchev–Trinajstić information content (AvgIpc) is 2.11. The quantitative estimate of drug-likeness (QED) is 0.782. The van der Waals surface area contributed by atoms with Crippen LogP contribution in [0.1, 0.15) is 5.56 Å². The smallest absolute Gasteiger partial charge is 0.347 e. The zero-order chi connectivity index (χ0) is 9.84. The van der Waals surface area contributed by atoms with Crippen molar-refractivity contribution in [1.29, 1.82) is 0 Å². The van der Waals surface area contributed by atoms with Gasteiger partial charge in [-0.1, -0.05) is 15.9 Å². The molecular formula is C8H11BrN2O2. The molecule has 0 amide bonds. The van der Waals surface area contributed by atoms with E-state index in [1.807, 2.05) is 6.92 Å². The van der Waals surface area contributed by atoms with Crippen molar-refractivity contribution >= 4 is 15.9 Å². The molecule has 1 N–H and O–H groups in total. The van der Waals surface area contributed by atoms with E-state index in [1.165, 1.54) is 10.8 Å². The third-order valence-corrected chi connectivity index (χ3v) is 2.32. The van der Waals surface area contributed by atoms with E-state index in [2.05, 4.69) is 20.9 Å². The van der Waals surface area contributed by atoms with E-state index in [1.54, 1.807) is 6.20 Å². The topological polar surface area (TPSA) is 55.1 Å². The van der Waals surface area contributed by atoms with Crippen LogP contribution in [0.25, 0.3) is 0 Å². The van der Waals surface area contributed by atoms with Crippen molar-refractivity contribution in [3.8, 4) is 0 Å². The van der Waals surface area contributed by atoms with Crippen LogP contribution in [0.3, 0.4) is 0 Å². The molecule has 0 bridgehead atoms. The molecule has 0 fully saturated rings. The molecule has 0 aliphatic heterocycles. The Morgan fingerprint density at radius 1 is 1.77 bits per heavy atom. The minimum absolute atomic E-state index is 0.277. The summed E-state index contributed by atoms with van der Waals surface area (Å²) >= 11 is 3.13. The molecule has 5 heteroatoms. The number of hydrogen-bond acceptors (Lipinski definition) is 3. The van der Waals surface area contributed by atoms with Crippen molar-refractivity contribution < 1.29 is 5.11 Å². The maximum absolute atomic E-state index is 11.1. The van der Waals surface area contributed by atoms with Gasteiger partial charge in [-0.05, 0) is 12.5 Å². The van der Waals surface area contributed by atoms with E-state index in [-0.39, 0.29) is 12.2 Å². The molecule has 1 rings (SSSR count). The Bertz CT molecular complexity index is 337. The van der Waals surface area contributed by atoms with E-state index in [0.717, 1.165) is 5.56 Å². The molecule has 4 nitrogen and oxygen atoms in total. The predicted molar refractivity (Wildman–Crippen MR) is 53.0 cm³/mol. The Labute approximate surface area is 84.4 Å². The zero-order valence-corrected chi connectivity index (χ0v) is 8.86. The summed E-state index contributed by atoms with van der Waals surface area (Å²) in [5, 5.41) is 9.74. The van der Waals surface area contributed by atoms with Crippen LogP contribution < -0.4 is 5.69 Å². The first kappa shape index (κ1) is 10.4. The van der Waals surface area contributed by atoms with Crippen molar-refractivity contribution in [2.75, 3.05) is 5.33 Å². The van der Waals surface area contributed by atoms with Crippen LogP contribution in [0.5, 0.6) is 0 Å². The van der Waals surface area contributed by atoms with Gasteiger partial charge in [0.25, 0.3) is 0 Å². The van der Waals surface area contributed by atoms with E-state index in [0.29, 0.717) is 5.33 Å². The lowest BCUT2D eigenvalue weighted by Crippen LogP contribution is -2.28. The summed E-state index contributed by atoms with van der Waals surface area (Å²) in [6, 6.07) is 0. The number of hydrogen-bond donors (Lipinski definition) is 1. The Hall–Kier alpha value is -0.680. The third-order valence-electron chi connectivity index (χ3n) is 1.57. The van der Waals surface area contributed by atoms with Crippen molar-refractivity contribution in [2.45, 2.75) is 19.6 Å². The molecule has 0 aromatic carbocycles. The summed E-state index contributed by atoms with van der Waals surface area (Å²) in [4.78, 5) is 14.8. The van der Waals surface area contributed by atoms with Gasteiger partial charge in [0.15, 0.2) is 0 Å². The summed E-state index contributed by atoms with van der Waals surface area (Å²) in [6.07, 6.45) is 2.64. The third kappa shape index (κ3) is 2.93. The summed E-state index contributed by atoms with van der Waals surface area (Å²) in [5.74, 6) is 0. The fourth-order valence-electron chi connectivity index (χ4n) is 0.972. The van der Waals surface area contributed by atoms with Gasteiger partial charge in [0, 0.05) is 17.7 Å². The number of aromatic nitrogens is 2. The number of aliphatic hydroxyl groups is 1. The second-order valence-electron chi connectivity index (χ2n) is 2.87. The molecule has 0 saturated heterocycles. The molecule has 0 spiro atoms. The van der Waals surface area contributed by atoms with Gasteiger partial charge in [-0.3, -0.25) is 4.57 Å². The van der Waals surface area contributed by atoms with Crippen molar-refractivity contribution in [3.05, 3.63) is 28.4 Å². The number of nitrogens with zero attached hydrogens (tertiary/aromatic N) is 2. The lowest BCUT2D eigenvalue weighted by Gasteiger charge is -2.09. The summed E-state index contributed by atoms with van der Waals surface area (Å²) in [6.45, 7) is 2.13. The maximum Gasteiger partial charge on any atom is 0.347 e. The summed E-state index contributed by atoms with van der Waals surface area (Å²) in [5.41, 5.74) is 0.576. The van der Waals surface area contributed by atoms with Gasteiger partial charge in [0.1, 0.15) is 0 Å². The van der Waals surface area contributed by atoms with Crippen LogP contribution in [0, 0.1) is 6.92 Å². The SMILES string of the molecule is Cc1cnc(=O)n(CC(O)CBr)c1. The normalized spacial score (nSPS) is 12.8. The highest BCUT2D eigenvalue weighted by molar-refractivity contribution is 9.09. The lowest BCUT2D eigenvalue weighted by molar-refractivity contribution is 0.177. The highest BCUT2D eigenvalue weighted by atomic mass is 79.9. The molecule has 0 aliphatic rings. The first-order valence-corrected chi connectivity index (χ1v) is 5.02. The number of aryl methyl sites for hydroxylation is 1. The van der Waals surface area contributed by atoms with Crippen molar-refractivity contribution in [3.63, 3.8) is 0 Å². The summed E-state index contributed by atoms with van der Waals surface area (Å²) in [7, 11) is 0. The van der Waals surface area contributed by atoms with Crippen molar-refractivity contribution in [1.82, 2.24) is 9.55 Å². The number of alkyl halides is 1. The van der Waals surface area contributed by atoms with E-state index in [4.69, 9.17) is 0 Å². The molecule has 1 atom stereocenters. The standard InChI is InChI=1S/C8H11BrN2O2/c1-6-3-10-8(13)11(4-6)5-7(12)2-9/h3-4,7,12H,2,5H2,1H3. The number of halogens is 1. The van der Waals surface area contributed by atoms with Crippen LogP contribution in [-0.2, 0) is 6.54 Å². The van der Waals surface area contributed by atoms with Gasteiger partial charge in [-0.15, -0.1) is 0 Å². The van der Waals surface area contributed by atoms with Crippen LogP contribution in [0.15, 0.2) is 17.2 Å². The first-order chi connectivity index (χ1) is 6.13. The first-order valence-electron chi connectivity index (χ1n) is 3.90. The van der Waals surface area contributed by atoms with Crippen molar-refractivity contribution in [2.24, 2.45) is 0 Å². The maximum atomic E-state index is 11.1. The molecule has 1 aromatic heterocycles. The molecule has 72 valence electrons. The second kappa shape index (κ2) is 4.53. The Morgan fingerprint density at radius 2 is 2.46 bits per heavy atom. The Kier molecular flexibility index (Phi) is 3.62. The minimum atomic E-state index is -0.554. The molecule has 1 aromatic rings. The van der Waals surface area contributed by atoms with Gasteiger partial charge in [0.2, 0.25) is 0 Å². The monoisotopic (exact) mass is 246 g/mol. The van der Waals surface area contributed by atoms with Gasteiger partial charge in [-0.2, -0.15) is 0 Å². The van der Waals surface area contributed by atoms with Gasteiger partial charge >= 0.3 is 5.69 Å². The van der Waals surface area contributed by atoms with Gasteiger partial charge in [0.05, 0.1) is 12.6 Å².